The summed E-state index contributed by atoms with van der Waals surface area (Å²) in [6.45, 7) is 13.4. The standard InChI is InChI=1S/C30H46O4/c1-26(2)23(33)10-13-28(4)19-7-8-21-27(3,16-18(19)15-20(32)25(26)28)12-9-22-29(21,5)14-11-24(34)30(22,6)17-31/h15,17,19,21-25,33-34H,7-14,16H2,1-6H3/t19-,21-,22+,23+,24+,25-,27-,28+,29+,30+/m0/s1. The SMILES string of the molecule is CC1(C)[C@H](O)CC[C@]2(C)[C@H]3CC[C@H]4[C@@](C)(CC[C@H]5[C@@](C)(C=O)[C@H](O)CC[C@]45C)CC3=CC(=O)[C@@H]12. The highest BCUT2D eigenvalue weighted by Crippen LogP contribution is 2.69. The third-order valence-corrected chi connectivity index (χ3v) is 12.5. The summed E-state index contributed by atoms with van der Waals surface area (Å²) in [5.74, 6) is 1.18. The molecule has 4 heteroatoms. The van der Waals surface area contributed by atoms with E-state index < -0.39 is 23.0 Å². The number of hydrogen-bond acceptors (Lipinski definition) is 4. The van der Waals surface area contributed by atoms with Gasteiger partial charge in [-0.2, -0.15) is 0 Å². The van der Waals surface area contributed by atoms with Crippen LogP contribution in [0.1, 0.15) is 99.3 Å². The Morgan fingerprint density at radius 2 is 1.47 bits per heavy atom. The first-order valence-electron chi connectivity index (χ1n) is 13.8. The molecule has 0 aromatic rings. The number of aldehydes is 1. The van der Waals surface area contributed by atoms with Crippen molar-refractivity contribution in [2.24, 2.45) is 50.7 Å². The topological polar surface area (TPSA) is 74.6 Å². The average Bonchev–Trinajstić information content (AvgIpc) is 2.90. The molecule has 4 nitrogen and oxygen atoms in total. The minimum absolute atomic E-state index is 0.0300. The molecule has 0 aromatic heterocycles. The number of allylic oxidation sites excluding steroid dienone is 2. The molecule has 5 rings (SSSR count). The summed E-state index contributed by atoms with van der Waals surface area (Å²) in [7, 11) is 0. The molecular formula is C30H46O4. The maximum Gasteiger partial charge on any atom is 0.159 e. The van der Waals surface area contributed by atoms with E-state index in [-0.39, 0.29) is 33.9 Å². The molecule has 0 bridgehead atoms. The molecule has 0 heterocycles. The lowest BCUT2D eigenvalue weighted by atomic mass is 9.42. The smallest absolute Gasteiger partial charge is 0.159 e. The van der Waals surface area contributed by atoms with E-state index in [9.17, 15) is 19.8 Å². The number of hydrogen-bond donors (Lipinski definition) is 2. The molecule has 2 N–H and O–H groups in total. The summed E-state index contributed by atoms with van der Waals surface area (Å²) in [5.41, 5.74) is 0.333. The van der Waals surface area contributed by atoms with Crippen molar-refractivity contribution in [3.8, 4) is 0 Å². The highest BCUT2D eigenvalue weighted by molar-refractivity contribution is 5.95. The largest absolute Gasteiger partial charge is 0.393 e. The first kappa shape index (κ1) is 24.7. The van der Waals surface area contributed by atoms with Gasteiger partial charge in [-0.25, -0.2) is 0 Å². The molecule has 34 heavy (non-hydrogen) atoms. The highest BCUT2D eigenvalue weighted by atomic mass is 16.3. The van der Waals surface area contributed by atoms with Crippen LogP contribution in [0.4, 0.5) is 0 Å². The fourth-order valence-electron chi connectivity index (χ4n) is 10.8. The maximum atomic E-state index is 13.6. The zero-order valence-corrected chi connectivity index (χ0v) is 22.2. The summed E-state index contributed by atoms with van der Waals surface area (Å²) in [6.07, 6.45) is 10.6. The third kappa shape index (κ3) is 3.03. The molecule has 0 saturated heterocycles. The molecular weight excluding hydrogens is 424 g/mol. The Morgan fingerprint density at radius 3 is 2.15 bits per heavy atom. The van der Waals surface area contributed by atoms with Gasteiger partial charge in [0.25, 0.3) is 0 Å². The zero-order chi connectivity index (χ0) is 24.9. The van der Waals surface area contributed by atoms with Gasteiger partial charge in [0, 0.05) is 11.3 Å². The van der Waals surface area contributed by atoms with E-state index in [1.165, 1.54) is 5.57 Å². The van der Waals surface area contributed by atoms with Crippen LogP contribution in [-0.2, 0) is 9.59 Å². The fraction of sp³-hybridized carbons (Fsp3) is 0.867. The first-order valence-corrected chi connectivity index (χ1v) is 13.8. The second-order valence-corrected chi connectivity index (χ2v) is 14.6. The molecule has 0 radical (unpaired) electrons. The van der Waals surface area contributed by atoms with Crippen LogP contribution in [0.15, 0.2) is 11.6 Å². The maximum absolute atomic E-state index is 13.6. The number of fused-ring (bicyclic) bond motifs is 6. The van der Waals surface area contributed by atoms with Crippen LogP contribution < -0.4 is 0 Å². The number of carbonyl (C=O) groups excluding carboxylic acids is 2. The molecule has 4 fully saturated rings. The number of carbonyl (C=O) groups is 2. The van der Waals surface area contributed by atoms with Crippen LogP contribution >= 0.6 is 0 Å². The lowest BCUT2D eigenvalue weighted by molar-refractivity contribution is -0.177. The molecule has 5 aliphatic carbocycles. The van der Waals surface area contributed by atoms with Gasteiger partial charge in [0.1, 0.15) is 6.29 Å². The summed E-state index contributed by atoms with van der Waals surface area (Å²) >= 11 is 0. The Labute approximate surface area is 206 Å². The minimum Gasteiger partial charge on any atom is -0.393 e. The Balaban J connectivity index is 1.54. The van der Waals surface area contributed by atoms with Gasteiger partial charge in [-0.15, -0.1) is 0 Å². The molecule has 5 aliphatic rings. The van der Waals surface area contributed by atoms with Gasteiger partial charge in [-0.05, 0) is 97.9 Å². The van der Waals surface area contributed by atoms with Gasteiger partial charge >= 0.3 is 0 Å². The Morgan fingerprint density at radius 1 is 0.824 bits per heavy atom. The Hall–Kier alpha value is -1.00. The summed E-state index contributed by atoms with van der Waals surface area (Å²) in [5, 5.41) is 21.6. The molecule has 0 aromatic carbocycles. The average molecular weight is 471 g/mol. The van der Waals surface area contributed by atoms with Crippen LogP contribution in [0.2, 0.25) is 0 Å². The molecule has 0 unspecified atom stereocenters. The molecule has 4 saturated carbocycles. The van der Waals surface area contributed by atoms with E-state index in [1.807, 2.05) is 13.0 Å². The predicted octanol–water partition coefficient (Wildman–Crippen LogP) is 5.50. The van der Waals surface area contributed by atoms with Gasteiger partial charge in [0.05, 0.1) is 17.6 Å². The lowest BCUT2D eigenvalue weighted by Crippen LogP contribution is -2.59. The summed E-state index contributed by atoms with van der Waals surface area (Å²) < 4.78 is 0. The highest BCUT2D eigenvalue weighted by Gasteiger charge is 2.65. The molecule has 190 valence electrons. The fourth-order valence-corrected chi connectivity index (χ4v) is 10.8. The second kappa shape index (κ2) is 7.51. The van der Waals surface area contributed by atoms with Gasteiger partial charge in [0.2, 0.25) is 0 Å². The molecule has 0 amide bonds. The summed E-state index contributed by atoms with van der Waals surface area (Å²) in [4.78, 5) is 25.9. The number of rotatable bonds is 1. The monoisotopic (exact) mass is 470 g/mol. The van der Waals surface area contributed by atoms with Crippen molar-refractivity contribution in [1.82, 2.24) is 0 Å². The van der Waals surface area contributed by atoms with Gasteiger partial charge in [-0.1, -0.05) is 47.1 Å². The second-order valence-electron chi connectivity index (χ2n) is 14.6. The number of ketones is 1. The molecule has 10 atom stereocenters. The van der Waals surface area contributed by atoms with Crippen molar-refractivity contribution < 1.29 is 19.8 Å². The van der Waals surface area contributed by atoms with Crippen LogP contribution in [0.25, 0.3) is 0 Å². The van der Waals surface area contributed by atoms with Gasteiger partial charge in [0.15, 0.2) is 5.78 Å². The van der Waals surface area contributed by atoms with E-state index in [2.05, 4.69) is 34.6 Å². The van der Waals surface area contributed by atoms with Gasteiger partial charge < -0.3 is 15.0 Å². The van der Waals surface area contributed by atoms with Crippen molar-refractivity contribution in [2.75, 3.05) is 0 Å². The zero-order valence-electron chi connectivity index (χ0n) is 22.2. The van der Waals surface area contributed by atoms with Crippen molar-refractivity contribution in [2.45, 2.75) is 112 Å². The summed E-state index contributed by atoms with van der Waals surface area (Å²) in [6, 6.07) is 0. The Kier molecular flexibility index (Phi) is 5.45. The predicted molar refractivity (Wildman–Crippen MR) is 133 cm³/mol. The minimum atomic E-state index is -0.663. The normalized spacial score (nSPS) is 54.5. The van der Waals surface area contributed by atoms with E-state index in [0.29, 0.717) is 18.3 Å². The van der Waals surface area contributed by atoms with E-state index in [4.69, 9.17) is 0 Å². The Bertz CT molecular complexity index is 921. The number of aliphatic hydroxyl groups is 2. The van der Waals surface area contributed by atoms with Gasteiger partial charge in [-0.3, -0.25) is 4.79 Å². The molecule has 0 aliphatic heterocycles. The van der Waals surface area contributed by atoms with Crippen molar-refractivity contribution in [1.29, 1.82) is 0 Å². The number of aliphatic hydroxyl groups excluding tert-OH is 2. The van der Waals surface area contributed by atoms with Crippen molar-refractivity contribution >= 4 is 12.1 Å². The lowest BCUT2D eigenvalue weighted by Gasteiger charge is -2.63. The van der Waals surface area contributed by atoms with Crippen LogP contribution in [0.3, 0.4) is 0 Å². The van der Waals surface area contributed by atoms with Crippen molar-refractivity contribution in [3.05, 3.63) is 11.6 Å². The van der Waals surface area contributed by atoms with Crippen LogP contribution in [0.5, 0.6) is 0 Å². The third-order valence-electron chi connectivity index (χ3n) is 12.5. The molecule has 0 spiro atoms. The quantitative estimate of drug-likeness (QED) is 0.497. The van der Waals surface area contributed by atoms with E-state index in [0.717, 1.165) is 57.7 Å². The van der Waals surface area contributed by atoms with Crippen LogP contribution in [0, 0.1) is 50.7 Å². The van der Waals surface area contributed by atoms with E-state index in [1.54, 1.807) is 0 Å². The van der Waals surface area contributed by atoms with Crippen LogP contribution in [-0.4, -0.2) is 34.5 Å². The first-order chi connectivity index (χ1) is 15.7. The van der Waals surface area contributed by atoms with E-state index >= 15 is 0 Å². The van der Waals surface area contributed by atoms with Crippen molar-refractivity contribution in [3.63, 3.8) is 0 Å².